The molecule has 2 aromatic rings. The molecule has 1 saturated heterocycles. The van der Waals surface area contributed by atoms with Gasteiger partial charge in [-0.15, -0.1) is 0 Å². The van der Waals surface area contributed by atoms with E-state index in [0.717, 1.165) is 55.3 Å². The highest BCUT2D eigenvalue weighted by Crippen LogP contribution is 2.28. The number of nitrogens with zero attached hydrogens (tertiary/aromatic N) is 1. The minimum absolute atomic E-state index is 0.104. The van der Waals surface area contributed by atoms with Gasteiger partial charge in [0.1, 0.15) is 5.75 Å². The van der Waals surface area contributed by atoms with Crippen LogP contribution >= 0.6 is 0 Å². The van der Waals surface area contributed by atoms with Crippen LogP contribution in [0.3, 0.4) is 0 Å². The molecule has 1 fully saturated rings. The molecule has 0 radical (unpaired) electrons. The third-order valence-electron chi connectivity index (χ3n) is 5.53. The Bertz CT molecular complexity index is 844. The van der Waals surface area contributed by atoms with Crippen molar-refractivity contribution in [3.05, 3.63) is 64.7 Å². The van der Waals surface area contributed by atoms with Crippen molar-refractivity contribution in [3.8, 4) is 5.75 Å². The number of carbonyl (C=O) groups excluding carboxylic acids is 1. The molecule has 30 heavy (non-hydrogen) atoms. The normalized spacial score (nSPS) is 15.8. The van der Waals surface area contributed by atoms with Gasteiger partial charge in [-0.25, -0.2) is 0 Å². The lowest BCUT2D eigenvalue weighted by atomic mass is 10.0. The summed E-state index contributed by atoms with van der Waals surface area (Å²) < 4.78 is 11.5. The average molecular weight is 411 g/mol. The topological polar surface area (TPSA) is 50.8 Å². The van der Waals surface area contributed by atoms with Crippen LogP contribution < -0.4 is 10.1 Å². The summed E-state index contributed by atoms with van der Waals surface area (Å²) in [6, 6.07) is 14.5. The van der Waals surface area contributed by atoms with E-state index in [1.54, 1.807) is 6.92 Å². The highest BCUT2D eigenvalue weighted by Gasteiger charge is 2.18. The van der Waals surface area contributed by atoms with E-state index in [-0.39, 0.29) is 5.91 Å². The van der Waals surface area contributed by atoms with Gasteiger partial charge < -0.3 is 14.8 Å². The molecule has 0 aliphatic carbocycles. The van der Waals surface area contributed by atoms with Crippen LogP contribution in [-0.2, 0) is 22.6 Å². The van der Waals surface area contributed by atoms with Crippen molar-refractivity contribution in [2.45, 2.75) is 52.8 Å². The Labute approximate surface area is 180 Å². The molecule has 1 amide bonds. The second-order valence-electron chi connectivity index (χ2n) is 8.33. The number of rotatable bonds is 8. The Morgan fingerprint density at radius 1 is 1.10 bits per heavy atom. The van der Waals surface area contributed by atoms with Gasteiger partial charge in [0.05, 0.1) is 13.2 Å². The quantitative estimate of drug-likeness (QED) is 0.714. The lowest BCUT2D eigenvalue weighted by Gasteiger charge is -2.27. The molecular formula is C25H34N2O3. The molecular weight excluding hydrogens is 376 g/mol. The van der Waals surface area contributed by atoms with Gasteiger partial charge in [-0.1, -0.05) is 50.2 Å². The Kier molecular flexibility index (Phi) is 7.88. The zero-order chi connectivity index (χ0) is 21.5. The van der Waals surface area contributed by atoms with Crippen LogP contribution in [0.15, 0.2) is 42.5 Å². The lowest BCUT2D eigenvalue weighted by Crippen LogP contribution is -2.37. The predicted molar refractivity (Wildman–Crippen MR) is 120 cm³/mol. The van der Waals surface area contributed by atoms with Crippen LogP contribution in [0.5, 0.6) is 5.75 Å². The minimum Gasteiger partial charge on any atom is -0.481 e. The SMILES string of the molecule is Cc1ccc(C(C)C)c(O[C@H](C)C(=O)NCc2ccccc2CN2CCOCC2)c1. The summed E-state index contributed by atoms with van der Waals surface area (Å²) in [5, 5.41) is 3.05. The van der Waals surface area contributed by atoms with Crippen molar-refractivity contribution in [2.24, 2.45) is 0 Å². The van der Waals surface area contributed by atoms with Crippen LogP contribution in [-0.4, -0.2) is 43.2 Å². The van der Waals surface area contributed by atoms with Crippen LogP contribution in [0.1, 0.15) is 48.9 Å². The van der Waals surface area contributed by atoms with Gasteiger partial charge >= 0.3 is 0 Å². The molecule has 5 heteroatoms. The number of hydrogen-bond donors (Lipinski definition) is 1. The largest absolute Gasteiger partial charge is 0.481 e. The van der Waals surface area contributed by atoms with E-state index in [0.29, 0.717) is 12.5 Å². The summed E-state index contributed by atoms with van der Waals surface area (Å²) in [6.45, 7) is 12.9. The molecule has 5 nitrogen and oxygen atoms in total. The summed E-state index contributed by atoms with van der Waals surface area (Å²) in [4.78, 5) is 15.1. The van der Waals surface area contributed by atoms with Crippen molar-refractivity contribution < 1.29 is 14.3 Å². The summed E-state index contributed by atoms with van der Waals surface area (Å²) in [5.41, 5.74) is 4.63. The van der Waals surface area contributed by atoms with Crippen molar-refractivity contribution in [3.63, 3.8) is 0 Å². The predicted octanol–water partition coefficient (Wildman–Crippen LogP) is 4.03. The molecule has 1 heterocycles. The maximum absolute atomic E-state index is 12.7. The fourth-order valence-corrected chi connectivity index (χ4v) is 3.68. The molecule has 1 aliphatic heterocycles. The standard InChI is InChI=1S/C25H34N2O3/c1-18(2)23-10-9-19(3)15-24(23)30-20(4)25(28)26-16-21-7-5-6-8-22(21)17-27-11-13-29-14-12-27/h5-10,15,18,20H,11-14,16-17H2,1-4H3,(H,26,28)/t20-/m1/s1. The first-order chi connectivity index (χ1) is 14.4. The highest BCUT2D eigenvalue weighted by atomic mass is 16.5. The molecule has 0 aromatic heterocycles. The van der Waals surface area contributed by atoms with Crippen LogP contribution in [0.2, 0.25) is 0 Å². The molecule has 162 valence electrons. The van der Waals surface area contributed by atoms with Gasteiger partial charge in [0.25, 0.3) is 5.91 Å². The first-order valence-electron chi connectivity index (χ1n) is 10.9. The van der Waals surface area contributed by atoms with Crippen LogP contribution in [0.25, 0.3) is 0 Å². The number of nitrogens with one attached hydrogen (secondary N) is 1. The minimum atomic E-state index is -0.560. The molecule has 1 aliphatic rings. The summed E-state index contributed by atoms with van der Waals surface area (Å²) in [6.07, 6.45) is -0.560. The van der Waals surface area contributed by atoms with Gasteiger partial charge in [-0.3, -0.25) is 9.69 Å². The summed E-state index contributed by atoms with van der Waals surface area (Å²) >= 11 is 0. The van der Waals surface area contributed by atoms with E-state index in [1.165, 1.54) is 5.56 Å². The molecule has 1 N–H and O–H groups in total. The number of carbonyl (C=O) groups is 1. The Morgan fingerprint density at radius 2 is 1.80 bits per heavy atom. The number of ether oxygens (including phenoxy) is 2. The van der Waals surface area contributed by atoms with Crippen molar-refractivity contribution in [1.82, 2.24) is 10.2 Å². The van der Waals surface area contributed by atoms with E-state index in [1.807, 2.05) is 19.1 Å². The second-order valence-corrected chi connectivity index (χ2v) is 8.33. The number of aryl methyl sites for hydroxylation is 1. The molecule has 0 bridgehead atoms. The Morgan fingerprint density at radius 3 is 2.50 bits per heavy atom. The highest BCUT2D eigenvalue weighted by molar-refractivity contribution is 5.80. The average Bonchev–Trinajstić information content (AvgIpc) is 2.73. The maximum Gasteiger partial charge on any atom is 0.261 e. The van der Waals surface area contributed by atoms with E-state index in [4.69, 9.17) is 9.47 Å². The van der Waals surface area contributed by atoms with E-state index in [2.05, 4.69) is 54.4 Å². The second kappa shape index (κ2) is 10.6. The first kappa shape index (κ1) is 22.3. The summed E-state index contributed by atoms with van der Waals surface area (Å²) in [5.74, 6) is 1.02. The summed E-state index contributed by atoms with van der Waals surface area (Å²) in [7, 11) is 0. The van der Waals surface area contributed by atoms with Crippen LogP contribution in [0.4, 0.5) is 0 Å². The Balaban J connectivity index is 1.60. The van der Waals surface area contributed by atoms with Gasteiger partial charge in [0.15, 0.2) is 6.10 Å². The first-order valence-corrected chi connectivity index (χ1v) is 10.9. The number of morpholine rings is 1. The van der Waals surface area contributed by atoms with Crippen molar-refractivity contribution >= 4 is 5.91 Å². The molecule has 0 saturated carbocycles. The monoisotopic (exact) mass is 410 g/mol. The van der Waals surface area contributed by atoms with Gasteiger partial charge in [0.2, 0.25) is 0 Å². The van der Waals surface area contributed by atoms with Gasteiger partial charge in [-0.05, 0) is 48.1 Å². The zero-order valence-corrected chi connectivity index (χ0v) is 18.6. The van der Waals surface area contributed by atoms with Crippen LogP contribution in [0, 0.1) is 6.92 Å². The number of hydrogen-bond acceptors (Lipinski definition) is 4. The van der Waals surface area contributed by atoms with E-state index >= 15 is 0 Å². The van der Waals surface area contributed by atoms with Crippen molar-refractivity contribution in [1.29, 1.82) is 0 Å². The third-order valence-corrected chi connectivity index (χ3v) is 5.53. The van der Waals surface area contributed by atoms with Gasteiger partial charge in [0, 0.05) is 26.2 Å². The van der Waals surface area contributed by atoms with E-state index in [9.17, 15) is 4.79 Å². The van der Waals surface area contributed by atoms with Gasteiger partial charge in [-0.2, -0.15) is 0 Å². The molecule has 0 spiro atoms. The maximum atomic E-state index is 12.7. The fourth-order valence-electron chi connectivity index (χ4n) is 3.68. The van der Waals surface area contributed by atoms with E-state index < -0.39 is 6.10 Å². The smallest absolute Gasteiger partial charge is 0.261 e. The molecule has 3 rings (SSSR count). The Hall–Kier alpha value is -2.37. The fraction of sp³-hybridized carbons (Fsp3) is 0.480. The third kappa shape index (κ3) is 6.07. The zero-order valence-electron chi connectivity index (χ0n) is 18.6. The number of benzene rings is 2. The molecule has 2 aromatic carbocycles. The number of amides is 1. The van der Waals surface area contributed by atoms with Crippen molar-refractivity contribution in [2.75, 3.05) is 26.3 Å². The lowest BCUT2D eigenvalue weighted by molar-refractivity contribution is -0.127. The molecule has 1 atom stereocenters. The molecule has 0 unspecified atom stereocenters.